The van der Waals surface area contributed by atoms with Crippen LogP contribution in [0.25, 0.3) is 0 Å². The zero-order valence-electron chi connectivity index (χ0n) is 16.4. The third kappa shape index (κ3) is 4.29. The molecule has 1 heterocycles. The lowest BCUT2D eigenvalue weighted by Crippen LogP contribution is -2.60. The first-order valence-electron chi connectivity index (χ1n) is 9.26. The summed E-state index contributed by atoms with van der Waals surface area (Å²) in [5.41, 5.74) is 3.38. The summed E-state index contributed by atoms with van der Waals surface area (Å²) in [6, 6.07) is 12.2. The highest BCUT2D eigenvalue weighted by atomic mass is 16.7. The van der Waals surface area contributed by atoms with E-state index >= 15 is 0 Å². The van der Waals surface area contributed by atoms with Gasteiger partial charge in [-0.3, -0.25) is 0 Å². The number of esters is 1. The molecule has 0 unspecified atom stereocenters. The summed E-state index contributed by atoms with van der Waals surface area (Å²) in [6.45, 7) is 3.89. The number of ether oxygens (including phenoxy) is 2. The molecule has 0 bridgehead atoms. The predicted molar refractivity (Wildman–Crippen MR) is 105 cm³/mol. The van der Waals surface area contributed by atoms with Crippen LogP contribution in [0, 0.1) is 13.8 Å². The molecule has 1 saturated heterocycles. The molecule has 0 radical (unpaired) electrons. The van der Waals surface area contributed by atoms with Crippen LogP contribution in [0.1, 0.15) is 21.5 Å². The first-order valence-corrected chi connectivity index (χ1v) is 9.26. The fourth-order valence-electron chi connectivity index (χ4n) is 3.12. The zero-order chi connectivity index (χ0) is 22.0. The number of aliphatic carboxylic acids is 1. The number of para-hydroxylation sites is 1. The zero-order valence-corrected chi connectivity index (χ0v) is 16.4. The molecule has 0 amide bonds. The van der Waals surface area contributed by atoms with Crippen LogP contribution >= 0.6 is 0 Å². The molecule has 0 aromatic heterocycles. The average Bonchev–Trinajstić information content (AvgIpc) is 2.71. The van der Waals surface area contributed by atoms with E-state index in [1.54, 1.807) is 18.2 Å². The van der Waals surface area contributed by atoms with Crippen molar-refractivity contribution in [1.29, 1.82) is 0 Å². The molecular weight excluding hydrogens is 394 g/mol. The van der Waals surface area contributed by atoms with Gasteiger partial charge in [0.2, 0.25) is 6.29 Å². The van der Waals surface area contributed by atoms with Gasteiger partial charge >= 0.3 is 11.9 Å². The van der Waals surface area contributed by atoms with Gasteiger partial charge in [-0.1, -0.05) is 24.3 Å². The van der Waals surface area contributed by atoms with Crippen molar-refractivity contribution >= 4 is 23.3 Å². The number of hydrogen-bond acceptors (Lipinski definition) is 8. The number of rotatable bonds is 5. The highest BCUT2D eigenvalue weighted by molar-refractivity contribution is 5.96. The van der Waals surface area contributed by atoms with Crippen molar-refractivity contribution in [1.82, 2.24) is 0 Å². The molecule has 0 spiro atoms. The van der Waals surface area contributed by atoms with Crippen LogP contribution in [0.2, 0.25) is 0 Å². The predicted octanol–water partition coefficient (Wildman–Crippen LogP) is 1.10. The van der Waals surface area contributed by atoms with Crippen molar-refractivity contribution in [2.75, 3.05) is 5.32 Å². The lowest BCUT2D eigenvalue weighted by atomic mass is 9.99. The van der Waals surface area contributed by atoms with Gasteiger partial charge in [0.05, 0.1) is 11.3 Å². The van der Waals surface area contributed by atoms with Crippen LogP contribution in [0.3, 0.4) is 0 Å². The number of carboxylic acid groups (broad SMARTS) is 1. The fourth-order valence-corrected chi connectivity index (χ4v) is 3.12. The Labute approximate surface area is 172 Å². The largest absolute Gasteiger partial charge is 0.479 e. The maximum absolute atomic E-state index is 12.7. The number of hydrogen-bond donors (Lipinski definition) is 5. The molecule has 1 fully saturated rings. The molecule has 30 heavy (non-hydrogen) atoms. The van der Waals surface area contributed by atoms with Crippen LogP contribution in [-0.4, -0.2) is 63.1 Å². The Morgan fingerprint density at radius 3 is 2.30 bits per heavy atom. The summed E-state index contributed by atoms with van der Waals surface area (Å²) in [5, 5.41) is 41.9. The van der Waals surface area contributed by atoms with E-state index in [9.17, 15) is 24.9 Å². The van der Waals surface area contributed by atoms with E-state index in [-0.39, 0.29) is 5.56 Å². The Kier molecular flexibility index (Phi) is 6.37. The number of aryl methyl sites for hydroxylation is 1. The minimum Gasteiger partial charge on any atom is -0.479 e. The highest BCUT2D eigenvalue weighted by Crippen LogP contribution is 2.28. The van der Waals surface area contributed by atoms with Gasteiger partial charge in [-0.15, -0.1) is 0 Å². The Bertz CT molecular complexity index is 946. The topological polar surface area (TPSA) is 146 Å². The van der Waals surface area contributed by atoms with Crippen molar-refractivity contribution in [3.8, 4) is 0 Å². The normalized spacial score (nSPS) is 26.1. The summed E-state index contributed by atoms with van der Waals surface area (Å²) in [5.74, 6) is -2.47. The first-order chi connectivity index (χ1) is 14.2. The molecule has 0 saturated carbocycles. The molecule has 9 heteroatoms. The molecule has 5 atom stereocenters. The second-order valence-electron chi connectivity index (χ2n) is 7.06. The van der Waals surface area contributed by atoms with E-state index in [2.05, 4.69) is 5.32 Å². The van der Waals surface area contributed by atoms with Crippen LogP contribution in [-0.2, 0) is 14.3 Å². The van der Waals surface area contributed by atoms with Crippen molar-refractivity contribution in [2.45, 2.75) is 44.6 Å². The van der Waals surface area contributed by atoms with E-state index in [1.165, 1.54) is 6.07 Å². The minimum atomic E-state index is -1.87. The van der Waals surface area contributed by atoms with E-state index in [0.29, 0.717) is 5.69 Å². The van der Waals surface area contributed by atoms with Crippen molar-refractivity contribution in [2.24, 2.45) is 0 Å². The summed E-state index contributed by atoms with van der Waals surface area (Å²) in [6.07, 6.45) is -9.18. The second kappa shape index (κ2) is 8.80. The molecule has 9 nitrogen and oxygen atoms in total. The molecule has 1 aliphatic heterocycles. The number of carbonyl (C=O) groups is 2. The molecule has 1 aliphatic rings. The highest BCUT2D eigenvalue weighted by Gasteiger charge is 2.48. The van der Waals surface area contributed by atoms with Gasteiger partial charge in [0.1, 0.15) is 18.3 Å². The molecular formula is C21H23NO8. The van der Waals surface area contributed by atoms with Gasteiger partial charge in [0, 0.05) is 5.69 Å². The molecule has 0 aliphatic carbocycles. The molecule has 3 rings (SSSR count). The summed E-state index contributed by atoms with van der Waals surface area (Å²) >= 11 is 0. The molecule has 160 valence electrons. The standard InChI is InChI=1S/C21H23NO8/c1-10-6-5-9-13(11(10)2)22-14-8-4-3-7-12(14)20(28)30-21-17(25)15(23)16(24)18(29-21)19(26)27/h3-9,15-18,21-25H,1-2H3,(H,26,27)/t15-,16-,17-,18-,21-/m0/s1. The Hall–Kier alpha value is -2.98. The van der Waals surface area contributed by atoms with Gasteiger partial charge in [0.15, 0.2) is 6.10 Å². The van der Waals surface area contributed by atoms with Gasteiger partial charge in [-0.2, -0.15) is 0 Å². The van der Waals surface area contributed by atoms with Gasteiger partial charge in [-0.05, 0) is 43.2 Å². The lowest BCUT2D eigenvalue weighted by Gasteiger charge is -2.38. The maximum Gasteiger partial charge on any atom is 0.342 e. The Morgan fingerprint density at radius 1 is 0.933 bits per heavy atom. The average molecular weight is 417 g/mol. The summed E-state index contributed by atoms with van der Waals surface area (Å²) in [7, 11) is 0. The number of aliphatic hydroxyl groups is 3. The molecule has 2 aromatic carbocycles. The van der Waals surface area contributed by atoms with E-state index in [4.69, 9.17) is 14.6 Å². The first kappa shape index (κ1) is 21.7. The van der Waals surface area contributed by atoms with E-state index < -0.39 is 42.6 Å². The summed E-state index contributed by atoms with van der Waals surface area (Å²) in [4.78, 5) is 23.9. The maximum atomic E-state index is 12.7. The minimum absolute atomic E-state index is 0.113. The van der Waals surface area contributed by atoms with E-state index in [0.717, 1.165) is 16.8 Å². The SMILES string of the molecule is Cc1cccc(Nc2ccccc2C(=O)O[C@@H]2O[C@H](C(=O)O)[C@@H](O)[C@H](O)[C@@H]2O)c1C. The molecule has 5 N–H and O–H groups in total. The lowest BCUT2D eigenvalue weighted by molar-refractivity contribution is -0.278. The second-order valence-corrected chi connectivity index (χ2v) is 7.06. The van der Waals surface area contributed by atoms with Crippen LogP contribution in [0.4, 0.5) is 11.4 Å². The third-order valence-corrected chi connectivity index (χ3v) is 5.06. The Balaban J connectivity index is 1.82. The van der Waals surface area contributed by atoms with Crippen molar-refractivity contribution in [3.63, 3.8) is 0 Å². The van der Waals surface area contributed by atoms with Crippen molar-refractivity contribution in [3.05, 3.63) is 59.2 Å². The van der Waals surface area contributed by atoms with Crippen LogP contribution in [0.15, 0.2) is 42.5 Å². The molecule has 2 aromatic rings. The third-order valence-electron chi connectivity index (χ3n) is 5.06. The van der Waals surface area contributed by atoms with Crippen LogP contribution in [0.5, 0.6) is 0 Å². The van der Waals surface area contributed by atoms with Crippen LogP contribution < -0.4 is 5.32 Å². The number of carbonyl (C=O) groups excluding carboxylic acids is 1. The van der Waals surface area contributed by atoms with Gasteiger partial charge in [0.25, 0.3) is 0 Å². The monoisotopic (exact) mass is 417 g/mol. The number of carboxylic acids is 1. The fraction of sp³-hybridized carbons (Fsp3) is 0.333. The van der Waals surface area contributed by atoms with Gasteiger partial charge < -0.3 is 35.2 Å². The van der Waals surface area contributed by atoms with Crippen molar-refractivity contribution < 1.29 is 39.5 Å². The van der Waals surface area contributed by atoms with E-state index in [1.807, 2.05) is 32.0 Å². The Morgan fingerprint density at radius 2 is 1.60 bits per heavy atom. The number of nitrogens with one attached hydrogen (secondary N) is 1. The summed E-state index contributed by atoms with van der Waals surface area (Å²) < 4.78 is 10.1. The number of benzene rings is 2. The smallest absolute Gasteiger partial charge is 0.342 e. The number of aliphatic hydroxyl groups excluding tert-OH is 3. The number of anilines is 2. The van der Waals surface area contributed by atoms with Gasteiger partial charge in [-0.25, -0.2) is 9.59 Å². The quantitative estimate of drug-likeness (QED) is 0.451.